The smallest absolute Gasteiger partial charge is 0.328 e. The van der Waals surface area contributed by atoms with Crippen molar-refractivity contribution in [1.82, 2.24) is 44.4 Å². The highest BCUT2D eigenvalue weighted by Gasteiger charge is 2.45. The summed E-state index contributed by atoms with van der Waals surface area (Å²) in [5, 5.41) is 10.9. The number of ether oxygens (including phenoxy) is 3. The van der Waals surface area contributed by atoms with Gasteiger partial charge in [-0.25, -0.2) is 23.2 Å². The number of benzene rings is 4. The van der Waals surface area contributed by atoms with E-state index >= 15 is 0 Å². The van der Waals surface area contributed by atoms with E-state index in [4.69, 9.17) is 19.3 Å². The lowest BCUT2D eigenvalue weighted by atomic mass is 9.85. The van der Waals surface area contributed by atoms with Crippen molar-refractivity contribution in [3.63, 3.8) is 0 Å². The Morgan fingerprint density at radius 2 is 1.60 bits per heavy atom. The Morgan fingerprint density at radius 3 is 2.32 bits per heavy atom. The molecule has 0 unspecified atom stereocenters. The van der Waals surface area contributed by atoms with Crippen LogP contribution >= 0.6 is 11.3 Å². The number of carbonyl (C=O) groups is 3. The summed E-state index contributed by atoms with van der Waals surface area (Å²) in [6.07, 6.45) is 7.28. The predicted molar refractivity (Wildman–Crippen MR) is 315 cm³/mol. The van der Waals surface area contributed by atoms with Crippen molar-refractivity contribution >= 4 is 55.8 Å². The zero-order valence-electron chi connectivity index (χ0n) is 47.4. The van der Waals surface area contributed by atoms with Crippen LogP contribution in [0.3, 0.4) is 0 Å². The molecular weight excluding hydrogens is 1080 g/mol. The number of hydrogen-bond acceptors (Lipinski definition) is 13. The van der Waals surface area contributed by atoms with E-state index in [1.807, 2.05) is 77.5 Å². The molecule has 0 spiro atoms. The fraction of sp³-hybridized carbons (Fsp3) is 0.361. The Hall–Kier alpha value is -8.30. The summed E-state index contributed by atoms with van der Waals surface area (Å²) < 4.78 is 53.7. The zero-order valence-corrected chi connectivity index (χ0v) is 49.0. The molecule has 4 aromatic carbocycles. The summed E-state index contributed by atoms with van der Waals surface area (Å²) in [5.41, 5.74) is 6.74. The standard InChI is InChI=1S/C61H68N10O9S2/c1-10-23-78-45-14-12-15-46(29-45)79-53-31-51-50(68(8)60(75)69(51)9)30-49(53)67-82(76,77)48-16-11-13-42(25-48)57(72)66-44-27-47(28-44)80-54-26-41(21-22-62-54)43-32-64-71(34-43)56(61(5,6)7)59(74)70-33-36(2)24-52(70)58(73)65-37(3)39-17-19-40(20-18-39)55-38(4)63-35-81-55/h11-22,25-26,29-32,34-37,44,47,52,56,67H,10,23-24,27-28,33H2,1-9H3,(H,65,73)(H,66,72)/t36-,37+,44?,47?,52+,56-/m1/s1. The third-order valence-electron chi connectivity index (χ3n) is 15.1. The zero-order chi connectivity index (χ0) is 58.2. The van der Waals surface area contributed by atoms with Gasteiger partial charge in [0.1, 0.15) is 29.7 Å². The number of fused-ring (bicyclic) bond motifs is 1. The van der Waals surface area contributed by atoms with Gasteiger partial charge in [-0.3, -0.25) is 32.9 Å². The van der Waals surface area contributed by atoms with Gasteiger partial charge in [0.05, 0.1) is 56.5 Å². The first-order valence-electron chi connectivity index (χ1n) is 27.5. The third-order valence-corrected chi connectivity index (χ3v) is 17.5. The number of pyridine rings is 1. The molecule has 1 saturated carbocycles. The van der Waals surface area contributed by atoms with Crippen molar-refractivity contribution in [3.8, 4) is 44.7 Å². The normalized spacial score (nSPS) is 17.9. The van der Waals surface area contributed by atoms with E-state index in [0.717, 1.165) is 39.2 Å². The molecule has 3 N–H and O–H groups in total. The van der Waals surface area contributed by atoms with Gasteiger partial charge in [-0.15, -0.1) is 11.3 Å². The summed E-state index contributed by atoms with van der Waals surface area (Å²) >= 11 is 1.60. The number of imidazole rings is 1. The molecule has 0 bridgehead atoms. The van der Waals surface area contributed by atoms with E-state index in [1.165, 1.54) is 27.3 Å². The molecule has 3 amide bonds. The molecule has 10 rings (SSSR count). The van der Waals surface area contributed by atoms with Crippen molar-refractivity contribution in [3.05, 3.63) is 148 Å². The molecule has 21 heteroatoms. The van der Waals surface area contributed by atoms with E-state index in [9.17, 15) is 27.6 Å². The minimum absolute atomic E-state index is 0.0805. The van der Waals surface area contributed by atoms with E-state index < -0.39 is 33.4 Å². The number of nitrogens with zero attached hydrogens (tertiary/aromatic N) is 7. The van der Waals surface area contributed by atoms with Crippen molar-refractivity contribution in [2.45, 2.75) is 109 Å². The van der Waals surface area contributed by atoms with Crippen LogP contribution in [0, 0.1) is 18.3 Å². The third kappa shape index (κ3) is 12.2. The maximum absolute atomic E-state index is 14.8. The number of anilines is 1. The maximum atomic E-state index is 14.8. The topological polar surface area (TPSA) is 223 Å². The number of aryl methyl sites for hydroxylation is 3. The Kier molecular flexibility index (Phi) is 16.2. The van der Waals surface area contributed by atoms with Gasteiger partial charge >= 0.3 is 5.69 Å². The number of likely N-dealkylation sites (tertiary alicyclic amines) is 1. The first-order valence-corrected chi connectivity index (χ1v) is 29.8. The van der Waals surface area contributed by atoms with Gasteiger partial charge in [-0.05, 0) is 97.2 Å². The lowest BCUT2D eigenvalue weighted by molar-refractivity contribution is -0.144. The molecule has 4 atom stereocenters. The summed E-state index contributed by atoms with van der Waals surface area (Å²) in [5.74, 6) is 0.812. The molecule has 8 aromatic rings. The highest BCUT2D eigenvalue weighted by atomic mass is 32.2. The predicted octanol–water partition coefficient (Wildman–Crippen LogP) is 9.99. The van der Waals surface area contributed by atoms with Crippen LogP contribution in [0.15, 0.2) is 131 Å². The van der Waals surface area contributed by atoms with Crippen molar-refractivity contribution in [1.29, 1.82) is 0 Å². The average molecular weight is 1150 g/mol. The van der Waals surface area contributed by atoms with Crippen LogP contribution in [0.5, 0.6) is 23.1 Å². The number of amides is 3. The lowest BCUT2D eigenvalue weighted by Gasteiger charge is -2.35. The van der Waals surface area contributed by atoms with E-state index in [1.54, 1.807) is 89.9 Å². The molecule has 5 heterocycles. The van der Waals surface area contributed by atoms with Crippen molar-refractivity contribution in [2.24, 2.45) is 25.4 Å². The molecular formula is C61H68N10O9S2. The molecule has 428 valence electrons. The molecule has 19 nitrogen and oxygen atoms in total. The van der Waals surface area contributed by atoms with Gasteiger partial charge in [0.15, 0.2) is 5.75 Å². The Balaban J connectivity index is 0.759. The second kappa shape index (κ2) is 23.3. The number of rotatable bonds is 19. The number of aromatic nitrogens is 6. The first kappa shape index (κ1) is 57.0. The van der Waals surface area contributed by atoms with Crippen LogP contribution in [0.2, 0.25) is 0 Å². The van der Waals surface area contributed by atoms with Crippen LogP contribution in [-0.4, -0.2) is 91.3 Å². The molecule has 2 fully saturated rings. The molecule has 2 aliphatic rings. The Morgan fingerprint density at radius 1 is 0.866 bits per heavy atom. The molecule has 4 aromatic heterocycles. The van der Waals surface area contributed by atoms with Crippen molar-refractivity contribution < 1.29 is 37.0 Å². The highest BCUT2D eigenvalue weighted by Crippen LogP contribution is 2.39. The van der Waals surface area contributed by atoms with Gasteiger partial charge in [0, 0.05) is 81.2 Å². The Labute approximate surface area is 480 Å². The largest absolute Gasteiger partial charge is 0.493 e. The van der Waals surface area contributed by atoms with Gasteiger partial charge in [-0.1, -0.05) is 71.0 Å². The number of sulfonamides is 1. The summed E-state index contributed by atoms with van der Waals surface area (Å²) in [4.78, 5) is 66.9. The Bertz CT molecular complexity index is 3860. The summed E-state index contributed by atoms with van der Waals surface area (Å²) in [6, 6.07) is 25.8. The maximum Gasteiger partial charge on any atom is 0.328 e. The van der Waals surface area contributed by atoms with Gasteiger partial charge in [-0.2, -0.15) is 5.10 Å². The van der Waals surface area contributed by atoms with Crippen LogP contribution < -0.4 is 35.3 Å². The van der Waals surface area contributed by atoms with Crippen LogP contribution in [-0.2, 0) is 33.7 Å². The van der Waals surface area contributed by atoms with Crippen LogP contribution in [0.4, 0.5) is 5.69 Å². The van der Waals surface area contributed by atoms with E-state index in [2.05, 4.69) is 44.4 Å². The molecule has 82 heavy (non-hydrogen) atoms. The molecule has 0 radical (unpaired) electrons. The average Bonchev–Trinajstić information content (AvgIpc) is 3.86. The number of hydrogen-bond donors (Lipinski definition) is 3. The van der Waals surface area contributed by atoms with Gasteiger partial charge in [0.25, 0.3) is 15.9 Å². The summed E-state index contributed by atoms with van der Waals surface area (Å²) in [7, 11) is -1.09. The van der Waals surface area contributed by atoms with Crippen LogP contribution in [0.25, 0.3) is 32.6 Å². The lowest BCUT2D eigenvalue weighted by Crippen LogP contribution is -2.50. The van der Waals surface area contributed by atoms with Crippen molar-refractivity contribution in [2.75, 3.05) is 17.9 Å². The second-order valence-corrected chi connectivity index (χ2v) is 25.0. The number of carbonyl (C=O) groups excluding carboxylic acids is 3. The minimum atomic E-state index is -4.31. The molecule has 1 aliphatic heterocycles. The highest BCUT2D eigenvalue weighted by molar-refractivity contribution is 7.92. The number of thiazole rings is 1. The second-order valence-electron chi connectivity index (χ2n) is 22.5. The molecule has 1 saturated heterocycles. The van der Waals surface area contributed by atoms with Gasteiger partial charge in [0.2, 0.25) is 17.7 Å². The van der Waals surface area contributed by atoms with Crippen LogP contribution in [0.1, 0.15) is 101 Å². The fourth-order valence-electron chi connectivity index (χ4n) is 10.6. The summed E-state index contributed by atoms with van der Waals surface area (Å²) in [6.45, 7) is 15.0. The minimum Gasteiger partial charge on any atom is -0.493 e. The quantitative estimate of drug-likeness (QED) is 0.0688. The first-order chi connectivity index (χ1) is 39.1. The van der Waals surface area contributed by atoms with Gasteiger partial charge < -0.3 is 29.7 Å². The molecule has 1 aliphatic carbocycles. The number of nitrogens with one attached hydrogen (secondary N) is 3. The van der Waals surface area contributed by atoms with E-state index in [-0.39, 0.29) is 63.5 Å². The fourth-order valence-corrected chi connectivity index (χ4v) is 12.6. The van der Waals surface area contributed by atoms with E-state index in [0.29, 0.717) is 60.8 Å². The monoisotopic (exact) mass is 1150 g/mol. The SMILES string of the molecule is CCCOc1cccc(Oc2cc3c(cc2NS(=O)(=O)c2cccc(C(=O)NC4CC(Oc5cc(-c6cnn([C@H](C(=O)N7C[C@H](C)C[C@H]7C(=O)N[C@@H](C)c7ccc(-c8scnc8C)cc7)C(C)(C)C)c6)ccn5)C4)c2)n(C)c(=O)n3C)c1.